The van der Waals surface area contributed by atoms with Gasteiger partial charge < -0.3 is 9.84 Å². The molecule has 0 bridgehead atoms. The molecule has 0 amide bonds. The lowest BCUT2D eigenvalue weighted by molar-refractivity contribution is -0.143. The molecule has 0 aliphatic carbocycles. The first-order chi connectivity index (χ1) is 9.31. The summed E-state index contributed by atoms with van der Waals surface area (Å²) >= 11 is 0. The predicted molar refractivity (Wildman–Crippen MR) is 79.1 cm³/mol. The van der Waals surface area contributed by atoms with Crippen molar-refractivity contribution in [3.63, 3.8) is 0 Å². The molecule has 0 radical (unpaired) electrons. The Bertz CT molecular complexity index is 192. The van der Waals surface area contributed by atoms with Gasteiger partial charge in [-0.15, -0.1) is 0 Å². The van der Waals surface area contributed by atoms with Crippen molar-refractivity contribution in [1.82, 2.24) is 0 Å². The Kier molecular flexibility index (Phi) is 15.0. The summed E-state index contributed by atoms with van der Waals surface area (Å²) in [5.74, 6) is -0.0456. The number of hydrogen-bond donors (Lipinski definition) is 1. The van der Waals surface area contributed by atoms with E-state index in [1.807, 2.05) is 0 Å². The van der Waals surface area contributed by atoms with Crippen molar-refractivity contribution in [2.75, 3.05) is 13.2 Å². The van der Waals surface area contributed by atoms with E-state index in [0.29, 0.717) is 13.0 Å². The first-order valence-corrected chi connectivity index (χ1v) is 8.07. The van der Waals surface area contributed by atoms with Crippen LogP contribution >= 0.6 is 0 Å². The third-order valence-electron chi connectivity index (χ3n) is 3.30. The largest absolute Gasteiger partial charge is 0.466 e. The number of rotatable bonds is 14. The molecule has 3 nitrogen and oxygen atoms in total. The lowest BCUT2D eigenvalue weighted by Crippen LogP contribution is -2.05. The molecular weight excluding hydrogens is 240 g/mol. The molecule has 0 aliphatic rings. The van der Waals surface area contributed by atoms with Crippen LogP contribution in [0.25, 0.3) is 0 Å². The van der Waals surface area contributed by atoms with Gasteiger partial charge >= 0.3 is 5.97 Å². The number of hydrogen-bond acceptors (Lipinski definition) is 3. The number of carbonyl (C=O) groups excluding carboxylic acids is 1. The minimum Gasteiger partial charge on any atom is -0.466 e. The lowest BCUT2D eigenvalue weighted by atomic mass is 10.1. The second-order valence-electron chi connectivity index (χ2n) is 5.23. The number of ether oxygens (including phenoxy) is 1. The van der Waals surface area contributed by atoms with Gasteiger partial charge in [0.1, 0.15) is 0 Å². The number of aliphatic hydroxyl groups is 1. The molecule has 1 N–H and O–H groups in total. The van der Waals surface area contributed by atoms with Crippen molar-refractivity contribution in [2.24, 2.45) is 0 Å². The Hall–Kier alpha value is -0.570. The van der Waals surface area contributed by atoms with Crippen LogP contribution in [0.15, 0.2) is 0 Å². The van der Waals surface area contributed by atoms with E-state index < -0.39 is 0 Å². The molecule has 0 unspecified atom stereocenters. The molecule has 0 aromatic carbocycles. The van der Waals surface area contributed by atoms with Gasteiger partial charge in [-0.1, -0.05) is 58.3 Å². The highest BCUT2D eigenvalue weighted by atomic mass is 16.5. The highest BCUT2D eigenvalue weighted by Gasteiger charge is 2.02. The van der Waals surface area contributed by atoms with E-state index in [1.54, 1.807) is 0 Å². The SMILES string of the molecule is CCCCCCCCOC(=O)CCCCCCCO. The van der Waals surface area contributed by atoms with Crippen LogP contribution in [0.4, 0.5) is 0 Å². The minimum atomic E-state index is -0.0456. The third-order valence-corrected chi connectivity index (χ3v) is 3.30. The molecular formula is C16H32O3. The Labute approximate surface area is 118 Å². The van der Waals surface area contributed by atoms with Crippen LogP contribution in [0.2, 0.25) is 0 Å². The van der Waals surface area contributed by atoms with Crippen LogP contribution < -0.4 is 0 Å². The maximum Gasteiger partial charge on any atom is 0.305 e. The maximum absolute atomic E-state index is 11.4. The van der Waals surface area contributed by atoms with Crippen LogP contribution in [0, 0.1) is 0 Å². The first kappa shape index (κ1) is 18.4. The van der Waals surface area contributed by atoms with Gasteiger partial charge in [-0.2, -0.15) is 0 Å². The first-order valence-electron chi connectivity index (χ1n) is 8.07. The molecule has 0 heterocycles. The fourth-order valence-electron chi connectivity index (χ4n) is 2.05. The normalized spacial score (nSPS) is 10.6. The highest BCUT2D eigenvalue weighted by Crippen LogP contribution is 2.07. The molecule has 0 rings (SSSR count). The van der Waals surface area contributed by atoms with Crippen LogP contribution in [0.5, 0.6) is 0 Å². The van der Waals surface area contributed by atoms with Crippen molar-refractivity contribution in [1.29, 1.82) is 0 Å². The summed E-state index contributed by atoms with van der Waals surface area (Å²) in [6.07, 6.45) is 12.9. The van der Waals surface area contributed by atoms with Crippen LogP contribution in [0.1, 0.15) is 84.0 Å². The average Bonchev–Trinajstić information content (AvgIpc) is 2.41. The quantitative estimate of drug-likeness (QED) is 0.380. The fourth-order valence-corrected chi connectivity index (χ4v) is 2.05. The second kappa shape index (κ2) is 15.5. The number of unbranched alkanes of at least 4 members (excludes halogenated alkanes) is 9. The van der Waals surface area contributed by atoms with Gasteiger partial charge in [-0.3, -0.25) is 4.79 Å². The molecule has 3 heteroatoms. The molecule has 0 aromatic rings. The smallest absolute Gasteiger partial charge is 0.305 e. The van der Waals surface area contributed by atoms with E-state index in [2.05, 4.69) is 6.92 Å². The Morgan fingerprint density at radius 2 is 1.42 bits per heavy atom. The summed E-state index contributed by atoms with van der Waals surface area (Å²) in [4.78, 5) is 11.4. The standard InChI is InChI=1S/C16H32O3/c1-2-3-4-5-9-12-15-19-16(18)13-10-7-6-8-11-14-17/h17H,2-15H2,1H3. The maximum atomic E-state index is 11.4. The number of aliphatic hydroxyl groups excluding tert-OH is 1. The van der Waals surface area contributed by atoms with E-state index in [-0.39, 0.29) is 12.6 Å². The van der Waals surface area contributed by atoms with E-state index in [1.165, 1.54) is 32.1 Å². The van der Waals surface area contributed by atoms with Gasteiger partial charge in [0.05, 0.1) is 6.61 Å². The summed E-state index contributed by atoms with van der Waals surface area (Å²) in [7, 11) is 0. The van der Waals surface area contributed by atoms with Crippen LogP contribution in [-0.2, 0) is 9.53 Å². The molecule has 0 aliphatic heterocycles. The summed E-state index contributed by atoms with van der Waals surface area (Å²) in [5.41, 5.74) is 0. The van der Waals surface area contributed by atoms with Crippen molar-refractivity contribution >= 4 is 5.97 Å². The van der Waals surface area contributed by atoms with Crippen LogP contribution in [0.3, 0.4) is 0 Å². The topological polar surface area (TPSA) is 46.5 Å². The Morgan fingerprint density at radius 3 is 2.11 bits per heavy atom. The zero-order valence-electron chi connectivity index (χ0n) is 12.7. The van der Waals surface area contributed by atoms with Crippen molar-refractivity contribution in [3.8, 4) is 0 Å². The van der Waals surface area contributed by atoms with Gasteiger partial charge in [0.15, 0.2) is 0 Å². The molecule has 19 heavy (non-hydrogen) atoms. The molecule has 0 saturated heterocycles. The van der Waals surface area contributed by atoms with Gasteiger partial charge in [0.25, 0.3) is 0 Å². The molecule has 0 aromatic heterocycles. The third kappa shape index (κ3) is 15.4. The van der Waals surface area contributed by atoms with E-state index >= 15 is 0 Å². The fraction of sp³-hybridized carbons (Fsp3) is 0.938. The molecule has 0 saturated carbocycles. The van der Waals surface area contributed by atoms with Gasteiger partial charge in [0.2, 0.25) is 0 Å². The molecule has 0 atom stereocenters. The highest BCUT2D eigenvalue weighted by molar-refractivity contribution is 5.69. The van der Waals surface area contributed by atoms with Crippen molar-refractivity contribution in [2.45, 2.75) is 84.0 Å². The zero-order valence-corrected chi connectivity index (χ0v) is 12.7. The predicted octanol–water partition coefficient (Wildman–Crippen LogP) is 4.22. The zero-order chi connectivity index (χ0) is 14.2. The average molecular weight is 272 g/mol. The Morgan fingerprint density at radius 1 is 0.842 bits per heavy atom. The van der Waals surface area contributed by atoms with E-state index in [0.717, 1.165) is 38.5 Å². The monoisotopic (exact) mass is 272 g/mol. The summed E-state index contributed by atoms with van der Waals surface area (Å²) < 4.78 is 5.20. The van der Waals surface area contributed by atoms with Crippen molar-refractivity contribution < 1.29 is 14.6 Å². The van der Waals surface area contributed by atoms with Crippen LogP contribution in [-0.4, -0.2) is 24.3 Å². The lowest BCUT2D eigenvalue weighted by Gasteiger charge is -2.05. The summed E-state index contributed by atoms with van der Waals surface area (Å²) in [5, 5.41) is 8.63. The van der Waals surface area contributed by atoms with E-state index in [4.69, 9.17) is 9.84 Å². The molecule has 114 valence electrons. The molecule has 0 fully saturated rings. The van der Waals surface area contributed by atoms with Gasteiger partial charge in [0, 0.05) is 13.0 Å². The van der Waals surface area contributed by atoms with Crippen molar-refractivity contribution in [3.05, 3.63) is 0 Å². The summed E-state index contributed by atoms with van der Waals surface area (Å²) in [6, 6.07) is 0. The minimum absolute atomic E-state index is 0.0456. The van der Waals surface area contributed by atoms with Gasteiger partial charge in [-0.25, -0.2) is 0 Å². The second-order valence-corrected chi connectivity index (χ2v) is 5.23. The van der Waals surface area contributed by atoms with E-state index in [9.17, 15) is 4.79 Å². The molecule has 0 spiro atoms. The number of esters is 1. The summed E-state index contributed by atoms with van der Waals surface area (Å²) in [6.45, 7) is 3.08. The van der Waals surface area contributed by atoms with Gasteiger partial charge in [-0.05, 0) is 19.3 Å². The number of carbonyl (C=O) groups is 1. The Balaban J connectivity index is 3.13.